The maximum atomic E-state index is 5.95. The van der Waals surface area contributed by atoms with Gasteiger partial charge in [0.25, 0.3) is 0 Å². The standard InChI is InChI=1S/C17H26N2O2/c1-20-17-10-13(6-7-14(17)11-18)12-19-8-9-21-16-5-3-2-4-15(16)19/h6-7,10,15-16H,2-5,8-9,11-12,18H2,1H3. The van der Waals surface area contributed by atoms with Gasteiger partial charge in [0, 0.05) is 31.2 Å². The summed E-state index contributed by atoms with van der Waals surface area (Å²) in [6, 6.07) is 6.99. The van der Waals surface area contributed by atoms with Crippen molar-refractivity contribution in [1.82, 2.24) is 4.90 Å². The molecule has 3 rings (SSSR count). The second-order valence-corrected chi connectivity index (χ2v) is 6.08. The van der Waals surface area contributed by atoms with E-state index in [4.69, 9.17) is 15.2 Å². The Hall–Kier alpha value is -1.10. The van der Waals surface area contributed by atoms with Gasteiger partial charge in [-0.25, -0.2) is 0 Å². The molecule has 4 heteroatoms. The summed E-state index contributed by atoms with van der Waals surface area (Å²) in [6.07, 6.45) is 5.57. The van der Waals surface area contributed by atoms with Gasteiger partial charge in [-0.15, -0.1) is 0 Å². The van der Waals surface area contributed by atoms with Crippen LogP contribution in [0.2, 0.25) is 0 Å². The first kappa shape index (κ1) is 14.8. The van der Waals surface area contributed by atoms with Crippen LogP contribution in [0.4, 0.5) is 0 Å². The van der Waals surface area contributed by atoms with Crippen LogP contribution in [0.25, 0.3) is 0 Å². The maximum Gasteiger partial charge on any atom is 0.123 e. The molecule has 1 aromatic rings. The minimum atomic E-state index is 0.442. The molecule has 1 aromatic carbocycles. The zero-order chi connectivity index (χ0) is 14.7. The van der Waals surface area contributed by atoms with Crippen molar-refractivity contribution in [2.45, 2.75) is 50.9 Å². The van der Waals surface area contributed by atoms with E-state index in [1.807, 2.05) is 0 Å². The molecule has 1 heterocycles. The van der Waals surface area contributed by atoms with Crippen molar-refractivity contribution in [2.24, 2.45) is 5.73 Å². The molecule has 1 aliphatic carbocycles. The Morgan fingerprint density at radius 1 is 1.33 bits per heavy atom. The summed E-state index contributed by atoms with van der Waals surface area (Å²) in [5.41, 5.74) is 8.11. The molecule has 0 bridgehead atoms. The summed E-state index contributed by atoms with van der Waals surface area (Å²) in [5, 5.41) is 0. The summed E-state index contributed by atoms with van der Waals surface area (Å²) in [5.74, 6) is 0.906. The molecule has 0 amide bonds. The predicted molar refractivity (Wildman–Crippen MR) is 83.3 cm³/mol. The first-order chi connectivity index (χ1) is 10.3. The van der Waals surface area contributed by atoms with E-state index < -0.39 is 0 Å². The molecule has 21 heavy (non-hydrogen) atoms. The van der Waals surface area contributed by atoms with Crippen molar-refractivity contribution >= 4 is 0 Å². The van der Waals surface area contributed by atoms with Crippen LogP contribution >= 0.6 is 0 Å². The number of fused-ring (bicyclic) bond motifs is 1. The second kappa shape index (κ2) is 6.77. The van der Waals surface area contributed by atoms with E-state index in [9.17, 15) is 0 Å². The highest BCUT2D eigenvalue weighted by Crippen LogP contribution is 2.30. The van der Waals surface area contributed by atoms with Gasteiger partial charge in [0.05, 0.1) is 19.8 Å². The lowest BCUT2D eigenvalue weighted by atomic mass is 9.90. The number of rotatable bonds is 4. The minimum absolute atomic E-state index is 0.442. The number of nitrogens with zero attached hydrogens (tertiary/aromatic N) is 1. The second-order valence-electron chi connectivity index (χ2n) is 6.08. The van der Waals surface area contributed by atoms with Crippen LogP contribution in [0.5, 0.6) is 5.75 Å². The SMILES string of the molecule is COc1cc(CN2CCOC3CCCCC32)ccc1CN. The number of morpholine rings is 1. The van der Waals surface area contributed by atoms with Crippen LogP contribution in [-0.2, 0) is 17.8 Å². The molecule has 0 aromatic heterocycles. The monoisotopic (exact) mass is 290 g/mol. The molecule has 2 unspecified atom stereocenters. The lowest BCUT2D eigenvalue weighted by Crippen LogP contribution is -2.52. The number of hydrogen-bond acceptors (Lipinski definition) is 4. The third kappa shape index (κ3) is 3.23. The molecule has 116 valence electrons. The van der Waals surface area contributed by atoms with Crippen molar-refractivity contribution in [1.29, 1.82) is 0 Å². The van der Waals surface area contributed by atoms with Crippen LogP contribution in [0.15, 0.2) is 18.2 Å². The normalized spacial score (nSPS) is 26.4. The first-order valence-electron chi connectivity index (χ1n) is 8.03. The Morgan fingerprint density at radius 3 is 3.00 bits per heavy atom. The van der Waals surface area contributed by atoms with Gasteiger partial charge in [-0.05, 0) is 24.5 Å². The topological polar surface area (TPSA) is 47.7 Å². The third-order valence-corrected chi connectivity index (χ3v) is 4.80. The fourth-order valence-electron chi connectivity index (χ4n) is 3.66. The molecule has 2 atom stereocenters. The maximum absolute atomic E-state index is 5.95. The minimum Gasteiger partial charge on any atom is -0.496 e. The molecule has 0 radical (unpaired) electrons. The van der Waals surface area contributed by atoms with Crippen molar-refractivity contribution in [3.05, 3.63) is 29.3 Å². The third-order valence-electron chi connectivity index (χ3n) is 4.80. The van der Waals surface area contributed by atoms with E-state index in [1.54, 1.807) is 7.11 Å². The number of hydrogen-bond donors (Lipinski definition) is 1. The molecule has 4 nitrogen and oxygen atoms in total. The lowest BCUT2D eigenvalue weighted by Gasteiger charge is -2.43. The van der Waals surface area contributed by atoms with Gasteiger partial charge >= 0.3 is 0 Å². The average molecular weight is 290 g/mol. The fourth-order valence-corrected chi connectivity index (χ4v) is 3.66. The van der Waals surface area contributed by atoms with Gasteiger partial charge < -0.3 is 15.2 Å². The predicted octanol–water partition coefficient (Wildman–Crippen LogP) is 2.30. The van der Waals surface area contributed by atoms with E-state index in [-0.39, 0.29) is 0 Å². The molecule has 1 saturated heterocycles. The average Bonchev–Trinajstić information content (AvgIpc) is 2.55. The molecule has 0 spiro atoms. The molecule has 2 N–H and O–H groups in total. The molecule has 2 aliphatic rings. The number of benzene rings is 1. The van der Waals surface area contributed by atoms with Crippen LogP contribution in [0.3, 0.4) is 0 Å². The highest BCUT2D eigenvalue weighted by Gasteiger charge is 2.33. The molecule has 2 fully saturated rings. The smallest absolute Gasteiger partial charge is 0.123 e. The molecule has 1 aliphatic heterocycles. The summed E-state index contributed by atoms with van der Waals surface area (Å²) in [6.45, 7) is 3.39. The largest absolute Gasteiger partial charge is 0.496 e. The van der Waals surface area contributed by atoms with Crippen molar-refractivity contribution in [2.75, 3.05) is 20.3 Å². The summed E-state index contributed by atoms with van der Waals surface area (Å²) >= 11 is 0. The highest BCUT2D eigenvalue weighted by molar-refractivity contribution is 5.37. The summed E-state index contributed by atoms with van der Waals surface area (Å²) < 4.78 is 11.4. The van der Waals surface area contributed by atoms with E-state index in [0.717, 1.165) is 31.0 Å². The summed E-state index contributed by atoms with van der Waals surface area (Å²) in [7, 11) is 1.71. The van der Waals surface area contributed by atoms with Gasteiger partial charge in [0.15, 0.2) is 0 Å². The first-order valence-corrected chi connectivity index (χ1v) is 8.03. The van der Waals surface area contributed by atoms with Gasteiger partial charge in [0.1, 0.15) is 5.75 Å². The highest BCUT2D eigenvalue weighted by atomic mass is 16.5. The zero-order valence-corrected chi connectivity index (χ0v) is 12.9. The van der Waals surface area contributed by atoms with Crippen molar-refractivity contribution < 1.29 is 9.47 Å². The Labute approximate surface area is 127 Å². The summed E-state index contributed by atoms with van der Waals surface area (Å²) in [4.78, 5) is 2.59. The number of ether oxygens (including phenoxy) is 2. The van der Waals surface area contributed by atoms with Crippen LogP contribution in [-0.4, -0.2) is 37.3 Å². The fraction of sp³-hybridized carbons (Fsp3) is 0.647. The Morgan fingerprint density at radius 2 is 2.19 bits per heavy atom. The van der Waals surface area contributed by atoms with E-state index in [0.29, 0.717) is 18.7 Å². The number of methoxy groups -OCH3 is 1. The van der Waals surface area contributed by atoms with Gasteiger partial charge in [-0.3, -0.25) is 4.90 Å². The quantitative estimate of drug-likeness (QED) is 0.924. The van der Waals surface area contributed by atoms with Crippen LogP contribution in [0.1, 0.15) is 36.8 Å². The van der Waals surface area contributed by atoms with E-state index in [2.05, 4.69) is 23.1 Å². The Balaban J connectivity index is 1.73. The zero-order valence-electron chi connectivity index (χ0n) is 12.9. The lowest BCUT2D eigenvalue weighted by molar-refractivity contribution is -0.0911. The van der Waals surface area contributed by atoms with Gasteiger partial charge in [-0.2, -0.15) is 0 Å². The molecule has 1 saturated carbocycles. The van der Waals surface area contributed by atoms with Crippen molar-refractivity contribution in [3.63, 3.8) is 0 Å². The molecular weight excluding hydrogens is 264 g/mol. The van der Waals surface area contributed by atoms with Crippen LogP contribution < -0.4 is 10.5 Å². The Bertz CT molecular complexity index is 476. The van der Waals surface area contributed by atoms with Gasteiger partial charge in [0.2, 0.25) is 0 Å². The van der Waals surface area contributed by atoms with E-state index in [1.165, 1.54) is 31.2 Å². The van der Waals surface area contributed by atoms with E-state index >= 15 is 0 Å². The molecular formula is C17H26N2O2. The number of nitrogens with two attached hydrogens (primary N) is 1. The van der Waals surface area contributed by atoms with Crippen molar-refractivity contribution in [3.8, 4) is 5.75 Å². The van der Waals surface area contributed by atoms with Crippen LogP contribution in [0, 0.1) is 0 Å². The van der Waals surface area contributed by atoms with Gasteiger partial charge in [-0.1, -0.05) is 25.0 Å². The Kier molecular flexibility index (Phi) is 4.78.